The lowest BCUT2D eigenvalue weighted by Crippen LogP contribution is -2.39. The van der Waals surface area contributed by atoms with Gasteiger partial charge in [-0.2, -0.15) is 0 Å². The highest BCUT2D eigenvalue weighted by atomic mass is 19.1. The SMILES string of the molecule is O=C(NCC1(c2ccc(F)cc2)CC1)C(=O)Nc1ccc2c(c1)OCO2. The number of anilines is 1. The topological polar surface area (TPSA) is 76.7 Å². The van der Waals surface area contributed by atoms with Crippen LogP contribution in [0.2, 0.25) is 0 Å². The second-order valence-electron chi connectivity index (χ2n) is 6.49. The van der Waals surface area contributed by atoms with E-state index in [1.54, 1.807) is 30.3 Å². The fourth-order valence-corrected chi connectivity index (χ4v) is 3.01. The normalized spacial score (nSPS) is 16.0. The summed E-state index contributed by atoms with van der Waals surface area (Å²) in [5.74, 6) is -0.634. The van der Waals surface area contributed by atoms with E-state index >= 15 is 0 Å². The van der Waals surface area contributed by atoms with Crippen LogP contribution in [-0.4, -0.2) is 25.2 Å². The molecule has 134 valence electrons. The van der Waals surface area contributed by atoms with Gasteiger partial charge in [-0.05, 0) is 42.7 Å². The van der Waals surface area contributed by atoms with Gasteiger partial charge in [0, 0.05) is 23.7 Å². The Morgan fingerprint density at radius 3 is 2.46 bits per heavy atom. The Labute approximate surface area is 149 Å². The van der Waals surface area contributed by atoms with Gasteiger partial charge in [-0.15, -0.1) is 0 Å². The molecule has 0 radical (unpaired) electrons. The second kappa shape index (κ2) is 6.33. The molecule has 1 aliphatic heterocycles. The molecule has 0 bridgehead atoms. The number of rotatable bonds is 4. The summed E-state index contributed by atoms with van der Waals surface area (Å²) in [6, 6.07) is 11.2. The third-order valence-corrected chi connectivity index (χ3v) is 4.73. The number of nitrogens with one attached hydrogen (secondary N) is 2. The van der Waals surface area contributed by atoms with Gasteiger partial charge < -0.3 is 20.1 Å². The van der Waals surface area contributed by atoms with Crippen molar-refractivity contribution in [3.8, 4) is 11.5 Å². The quantitative estimate of drug-likeness (QED) is 0.825. The van der Waals surface area contributed by atoms with E-state index in [-0.39, 0.29) is 18.0 Å². The number of carbonyl (C=O) groups is 2. The molecule has 2 aromatic rings. The minimum Gasteiger partial charge on any atom is -0.454 e. The van der Waals surface area contributed by atoms with E-state index in [0.717, 1.165) is 18.4 Å². The maximum Gasteiger partial charge on any atom is 0.313 e. The summed E-state index contributed by atoms with van der Waals surface area (Å²) in [4.78, 5) is 24.2. The molecule has 0 spiro atoms. The first kappa shape index (κ1) is 16.4. The van der Waals surface area contributed by atoms with E-state index < -0.39 is 11.8 Å². The van der Waals surface area contributed by atoms with Gasteiger partial charge in [-0.25, -0.2) is 4.39 Å². The van der Waals surface area contributed by atoms with Crippen molar-refractivity contribution in [3.63, 3.8) is 0 Å². The Balaban J connectivity index is 1.34. The minimum absolute atomic E-state index is 0.138. The largest absolute Gasteiger partial charge is 0.454 e. The van der Waals surface area contributed by atoms with Gasteiger partial charge in [0.2, 0.25) is 6.79 Å². The number of halogens is 1. The number of hydrogen-bond donors (Lipinski definition) is 2. The maximum absolute atomic E-state index is 13.1. The predicted molar refractivity (Wildman–Crippen MR) is 91.5 cm³/mol. The Hall–Kier alpha value is -3.09. The highest BCUT2D eigenvalue weighted by molar-refractivity contribution is 6.39. The minimum atomic E-state index is -0.751. The van der Waals surface area contributed by atoms with Crippen molar-refractivity contribution in [2.45, 2.75) is 18.3 Å². The van der Waals surface area contributed by atoms with Crippen molar-refractivity contribution in [1.82, 2.24) is 5.32 Å². The molecule has 1 aliphatic carbocycles. The van der Waals surface area contributed by atoms with Gasteiger partial charge in [-0.1, -0.05) is 12.1 Å². The molecule has 2 amide bonds. The molecule has 0 unspecified atom stereocenters. The molecule has 0 saturated heterocycles. The number of benzene rings is 2. The van der Waals surface area contributed by atoms with Crippen LogP contribution in [0.3, 0.4) is 0 Å². The summed E-state index contributed by atoms with van der Waals surface area (Å²) in [5, 5.41) is 5.21. The maximum atomic E-state index is 13.1. The third-order valence-electron chi connectivity index (χ3n) is 4.73. The average molecular weight is 356 g/mol. The highest BCUT2D eigenvalue weighted by Crippen LogP contribution is 2.47. The summed E-state index contributed by atoms with van der Waals surface area (Å²) in [6.07, 6.45) is 1.78. The molecule has 1 fully saturated rings. The lowest BCUT2D eigenvalue weighted by molar-refractivity contribution is -0.136. The first-order valence-corrected chi connectivity index (χ1v) is 8.31. The molecule has 2 aromatic carbocycles. The van der Waals surface area contributed by atoms with Crippen LogP contribution < -0.4 is 20.1 Å². The Morgan fingerprint density at radius 2 is 1.73 bits per heavy atom. The zero-order valence-electron chi connectivity index (χ0n) is 13.9. The highest BCUT2D eigenvalue weighted by Gasteiger charge is 2.44. The molecule has 2 aliphatic rings. The van der Waals surface area contributed by atoms with Gasteiger partial charge >= 0.3 is 11.8 Å². The number of hydrogen-bond acceptors (Lipinski definition) is 4. The van der Waals surface area contributed by atoms with Gasteiger partial charge in [0.25, 0.3) is 0 Å². The average Bonchev–Trinajstić information content (AvgIpc) is 3.29. The van der Waals surface area contributed by atoms with Crippen molar-refractivity contribution < 1.29 is 23.5 Å². The molecular formula is C19H17FN2O4. The van der Waals surface area contributed by atoms with Gasteiger partial charge in [0.15, 0.2) is 11.5 Å². The van der Waals surface area contributed by atoms with Crippen LogP contribution >= 0.6 is 0 Å². The Morgan fingerprint density at radius 1 is 1.00 bits per heavy atom. The molecule has 0 aromatic heterocycles. The Bertz CT molecular complexity index is 862. The predicted octanol–water partition coefficient (Wildman–Crippen LogP) is 2.34. The standard InChI is InChI=1S/C19H17FN2O4/c20-13-3-1-12(2-4-13)19(7-8-19)10-21-17(23)18(24)22-14-5-6-15-16(9-14)26-11-25-15/h1-6,9H,7-8,10-11H2,(H,21,23)(H,22,24). The number of amides is 2. The van der Waals surface area contributed by atoms with E-state index in [4.69, 9.17) is 9.47 Å². The molecule has 2 N–H and O–H groups in total. The van der Waals surface area contributed by atoms with Crippen molar-refractivity contribution in [2.24, 2.45) is 0 Å². The zero-order chi connectivity index (χ0) is 18.1. The summed E-state index contributed by atoms with van der Waals surface area (Å²) in [5.41, 5.74) is 1.21. The zero-order valence-corrected chi connectivity index (χ0v) is 13.9. The fourth-order valence-electron chi connectivity index (χ4n) is 3.01. The summed E-state index contributed by atoms with van der Waals surface area (Å²) < 4.78 is 23.5. The summed E-state index contributed by atoms with van der Waals surface area (Å²) in [6.45, 7) is 0.477. The van der Waals surface area contributed by atoms with Crippen LogP contribution in [0.15, 0.2) is 42.5 Å². The van der Waals surface area contributed by atoms with Crippen LogP contribution in [-0.2, 0) is 15.0 Å². The molecular weight excluding hydrogens is 339 g/mol. The summed E-state index contributed by atoms with van der Waals surface area (Å²) in [7, 11) is 0. The van der Waals surface area contributed by atoms with E-state index in [2.05, 4.69) is 10.6 Å². The first-order valence-electron chi connectivity index (χ1n) is 8.31. The monoisotopic (exact) mass is 356 g/mol. The lowest BCUT2D eigenvalue weighted by atomic mass is 9.96. The molecule has 1 saturated carbocycles. The van der Waals surface area contributed by atoms with Gasteiger partial charge in [0.05, 0.1) is 0 Å². The fraction of sp³-hybridized carbons (Fsp3) is 0.263. The molecule has 4 rings (SSSR count). The van der Waals surface area contributed by atoms with Gasteiger partial charge in [-0.3, -0.25) is 9.59 Å². The second-order valence-corrected chi connectivity index (χ2v) is 6.49. The van der Waals surface area contributed by atoms with Crippen molar-refractivity contribution in [3.05, 3.63) is 53.8 Å². The van der Waals surface area contributed by atoms with Crippen LogP contribution in [0, 0.1) is 5.82 Å². The molecule has 0 atom stereocenters. The third kappa shape index (κ3) is 3.20. The van der Waals surface area contributed by atoms with E-state index in [1.807, 2.05) is 0 Å². The number of fused-ring (bicyclic) bond motifs is 1. The van der Waals surface area contributed by atoms with E-state index in [9.17, 15) is 14.0 Å². The van der Waals surface area contributed by atoms with Gasteiger partial charge in [0.1, 0.15) is 5.82 Å². The number of carbonyl (C=O) groups excluding carboxylic acids is 2. The number of ether oxygens (including phenoxy) is 2. The molecule has 6 nitrogen and oxygen atoms in total. The Kier molecular flexibility index (Phi) is 3.99. The molecule has 1 heterocycles. The first-order chi connectivity index (χ1) is 12.6. The van der Waals surface area contributed by atoms with Crippen LogP contribution in [0.1, 0.15) is 18.4 Å². The summed E-state index contributed by atoms with van der Waals surface area (Å²) >= 11 is 0. The van der Waals surface area contributed by atoms with E-state index in [0.29, 0.717) is 23.7 Å². The van der Waals surface area contributed by atoms with Crippen molar-refractivity contribution in [2.75, 3.05) is 18.7 Å². The van der Waals surface area contributed by atoms with Crippen LogP contribution in [0.25, 0.3) is 0 Å². The van der Waals surface area contributed by atoms with Crippen LogP contribution in [0.4, 0.5) is 10.1 Å². The van der Waals surface area contributed by atoms with E-state index in [1.165, 1.54) is 12.1 Å². The molecule has 7 heteroatoms. The van der Waals surface area contributed by atoms with Crippen molar-refractivity contribution >= 4 is 17.5 Å². The van der Waals surface area contributed by atoms with Crippen molar-refractivity contribution in [1.29, 1.82) is 0 Å². The van der Waals surface area contributed by atoms with Crippen LogP contribution in [0.5, 0.6) is 11.5 Å². The molecule has 26 heavy (non-hydrogen) atoms. The smallest absolute Gasteiger partial charge is 0.313 e. The lowest BCUT2D eigenvalue weighted by Gasteiger charge is -2.16.